The van der Waals surface area contributed by atoms with Crippen LogP contribution < -0.4 is 5.73 Å². The summed E-state index contributed by atoms with van der Waals surface area (Å²) in [4.78, 5) is 0. The number of ether oxygens (including phenoxy) is 1. The highest BCUT2D eigenvalue weighted by atomic mass is 16.5. The second kappa shape index (κ2) is 5.10. The Bertz CT molecular complexity index is 263. The normalized spacial score (nSPS) is 15.1. The van der Waals surface area contributed by atoms with Crippen LogP contribution in [0.2, 0.25) is 0 Å². The average molecular weight is 195 g/mol. The van der Waals surface area contributed by atoms with Crippen LogP contribution in [0.4, 0.5) is 0 Å². The van der Waals surface area contributed by atoms with Crippen LogP contribution >= 0.6 is 0 Å². The van der Waals surface area contributed by atoms with Crippen LogP contribution in [0.25, 0.3) is 0 Å². The van der Waals surface area contributed by atoms with Crippen LogP contribution in [0.3, 0.4) is 0 Å². The number of rotatable bonds is 5. The van der Waals surface area contributed by atoms with E-state index in [-0.39, 0.29) is 13.2 Å². The highest BCUT2D eigenvalue weighted by Gasteiger charge is 2.27. The van der Waals surface area contributed by atoms with E-state index in [4.69, 9.17) is 10.5 Å². The predicted molar refractivity (Wildman–Crippen MR) is 55.9 cm³/mol. The Kier molecular flexibility index (Phi) is 4.07. The first-order valence-electron chi connectivity index (χ1n) is 4.78. The molecule has 0 aromatic heterocycles. The van der Waals surface area contributed by atoms with Crippen molar-refractivity contribution in [3.05, 3.63) is 35.9 Å². The molecule has 1 atom stereocenters. The molecule has 0 fully saturated rings. The maximum Gasteiger partial charge on any atom is 0.125 e. The summed E-state index contributed by atoms with van der Waals surface area (Å²) in [5.74, 6) is 0. The van der Waals surface area contributed by atoms with Gasteiger partial charge >= 0.3 is 0 Å². The summed E-state index contributed by atoms with van der Waals surface area (Å²) in [7, 11) is 0. The fourth-order valence-electron chi connectivity index (χ4n) is 1.28. The highest BCUT2D eigenvalue weighted by molar-refractivity contribution is 5.22. The van der Waals surface area contributed by atoms with Crippen molar-refractivity contribution in [2.75, 3.05) is 19.8 Å². The summed E-state index contributed by atoms with van der Waals surface area (Å²) in [6, 6.07) is 9.36. The van der Waals surface area contributed by atoms with Crippen LogP contribution in [0.5, 0.6) is 0 Å². The second-order valence-corrected chi connectivity index (χ2v) is 3.24. The van der Waals surface area contributed by atoms with E-state index < -0.39 is 5.60 Å². The van der Waals surface area contributed by atoms with Gasteiger partial charge in [-0.05, 0) is 12.5 Å². The van der Waals surface area contributed by atoms with Crippen molar-refractivity contribution >= 4 is 0 Å². The first kappa shape index (κ1) is 11.2. The van der Waals surface area contributed by atoms with E-state index in [1.165, 1.54) is 0 Å². The topological polar surface area (TPSA) is 55.5 Å². The summed E-state index contributed by atoms with van der Waals surface area (Å²) in [6.45, 7) is 2.87. The van der Waals surface area contributed by atoms with E-state index in [0.717, 1.165) is 5.56 Å². The fraction of sp³-hybridized carbons (Fsp3) is 0.455. The minimum absolute atomic E-state index is 0.164. The van der Waals surface area contributed by atoms with Crippen molar-refractivity contribution < 1.29 is 9.84 Å². The van der Waals surface area contributed by atoms with Gasteiger partial charge in [0, 0.05) is 13.2 Å². The van der Waals surface area contributed by atoms with Gasteiger partial charge in [0.1, 0.15) is 5.60 Å². The molecule has 14 heavy (non-hydrogen) atoms. The zero-order valence-corrected chi connectivity index (χ0v) is 8.44. The summed E-state index contributed by atoms with van der Waals surface area (Å²) in [5, 5.41) is 10.2. The van der Waals surface area contributed by atoms with Crippen molar-refractivity contribution in [1.29, 1.82) is 0 Å². The minimum Gasteiger partial charge on any atom is -0.381 e. The van der Waals surface area contributed by atoms with Crippen molar-refractivity contribution in [2.24, 2.45) is 5.73 Å². The molecule has 0 aliphatic carbocycles. The zero-order chi connectivity index (χ0) is 10.4. The third-order valence-electron chi connectivity index (χ3n) is 2.19. The Hall–Kier alpha value is -0.900. The van der Waals surface area contributed by atoms with Crippen LogP contribution in [0, 0.1) is 0 Å². The molecule has 0 saturated carbocycles. The molecule has 3 N–H and O–H groups in total. The van der Waals surface area contributed by atoms with Gasteiger partial charge < -0.3 is 15.6 Å². The van der Waals surface area contributed by atoms with Crippen LogP contribution in [-0.4, -0.2) is 24.9 Å². The standard InChI is InChI=1S/C11H17NO2/c1-2-14-9-11(13,8-12)10-6-4-3-5-7-10/h3-7,13H,2,8-9,12H2,1H3. The largest absolute Gasteiger partial charge is 0.381 e. The number of aliphatic hydroxyl groups is 1. The predicted octanol–water partition coefficient (Wildman–Crippen LogP) is 0.869. The molecule has 1 rings (SSSR count). The fourth-order valence-corrected chi connectivity index (χ4v) is 1.28. The Balaban J connectivity index is 2.79. The van der Waals surface area contributed by atoms with Gasteiger partial charge in [0.05, 0.1) is 6.61 Å². The average Bonchev–Trinajstić information content (AvgIpc) is 2.27. The number of hydrogen-bond donors (Lipinski definition) is 2. The molecule has 0 heterocycles. The van der Waals surface area contributed by atoms with Gasteiger partial charge in [-0.25, -0.2) is 0 Å². The molecule has 0 radical (unpaired) electrons. The van der Waals surface area contributed by atoms with Gasteiger partial charge in [0.15, 0.2) is 0 Å². The van der Waals surface area contributed by atoms with Crippen LogP contribution in [-0.2, 0) is 10.3 Å². The van der Waals surface area contributed by atoms with E-state index in [1.807, 2.05) is 37.3 Å². The quantitative estimate of drug-likeness (QED) is 0.733. The molecule has 0 saturated heterocycles. The van der Waals surface area contributed by atoms with Gasteiger partial charge in [0.2, 0.25) is 0 Å². The van der Waals surface area contributed by atoms with E-state index in [0.29, 0.717) is 6.61 Å². The van der Waals surface area contributed by atoms with Crippen molar-refractivity contribution in [3.63, 3.8) is 0 Å². The molecule has 0 bridgehead atoms. The monoisotopic (exact) mass is 195 g/mol. The Labute approximate surface area is 84.5 Å². The SMILES string of the molecule is CCOCC(O)(CN)c1ccccc1. The van der Waals surface area contributed by atoms with Crippen molar-refractivity contribution in [3.8, 4) is 0 Å². The van der Waals surface area contributed by atoms with Crippen LogP contribution in [0.1, 0.15) is 12.5 Å². The third-order valence-corrected chi connectivity index (χ3v) is 2.19. The Morgan fingerprint density at radius 2 is 2.00 bits per heavy atom. The first-order valence-corrected chi connectivity index (χ1v) is 4.78. The molecule has 3 nitrogen and oxygen atoms in total. The number of nitrogens with two attached hydrogens (primary N) is 1. The Morgan fingerprint density at radius 3 is 2.50 bits per heavy atom. The molecule has 1 unspecified atom stereocenters. The van der Waals surface area contributed by atoms with Crippen molar-refractivity contribution in [2.45, 2.75) is 12.5 Å². The first-order chi connectivity index (χ1) is 6.73. The third kappa shape index (κ3) is 2.54. The lowest BCUT2D eigenvalue weighted by Crippen LogP contribution is -2.39. The molecule has 0 aliphatic rings. The van der Waals surface area contributed by atoms with Crippen molar-refractivity contribution in [1.82, 2.24) is 0 Å². The van der Waals surface area contributed by atoms with E-state index >= 15 is 0 Å². The van der Waals surface area contributed by atoms with Gasteiger partial charge in [0.25, 0.3) is 0 Å². The summed E-state index contributed by atoms with van der Waals surface area (Å²) in [6.07, 6.45) is 0. The smallest absolute Gasteiger partial charge is 0.125 e. The summed E-state index contributed by atoms with van der Waals surface area (Å²) in [5.41, 5.74) is 5.29. The maximum absolute atomic E-state index is 10.2. The molecule has 3 heteroatoms. The van der Waals surface area contributed by atoms with Gasteiger partial charge in [-0.2, -0.15) is 0 Å². The number of benzene rings is 1. The lowest BCUT2D eigenvalue weighted by Gasteiger charge is -2.26. The number of hydrogen-bond acceptors (Lipinski definition) is 3. The lowest BCUT2D eigenvalue weighted by molar-refractivity contribution is -0.0412. The second-order valence-electron chi connectivity index (χ2n) is 3.24. The highest BCUT2D eigenvalue weighted by Crippen LogP contribution is 2.19. The van der Waals surface area contributed by atoms with E-state index in [1.54, 1.807) is 0 Å². The zero-order valence-electron chi connectivity index (χ0n) is 8.44. The van der Waals surface area contributed by atoms with Gasteiger partial charge in [-0.3, -0.25) is 0 Å². The molecule has 0 aliphatic heterocycles. The molecule has 1 aromatic carbocycles. The lowest BCUT2D eigenvalue weighted by atomic mass is 9.95. The van der Waals surface area contributed by atoms with E-state index in [2.05, 4.69) is 0 Å². The molecular formula is C11H17NO2. The molecule has 0 amide bonds. The van der Waals surface area contributed by atoms with Gasteiger partial charge in [-0.15, -0.1) is 0 Å². The minimum atomic E-state index is -1.06. The molecule has 78 valence electrons. The van der Waals surface area contributed by atoms with Gasteiger partial charge in [-0.1, -0.05) is 30.3 Å². The summed E-state index contributed by atoms with van der Waals surface area (Å²) < 4.78 is 5.21. The maximum atomic E-state index is 10.2. The van der Waals surface area contributed by atoms with E-state index in [9.17, 15) is 5.11 Å². The molecular weight excluding hydrogens is 178 g/mol. The molecule has 1 aromatic rings. The summed E-state index contributed by atoms with van der Waals surface area (Å²) >= 11 is 0. The Morgan fingerprint density at radius 1 is 1.36 bits per heavy atom. The van der Waals surface area contributed by atoms with Crippen LogP contribution in [0.15, 0.2) is 30.3 Å². The molecule has 0 spiro atoms.